The number of nitrogens with two attached hydrogens (primary N) is 1. The molecule has 0 aliphatic heterocycles. The summed E-state index contributed by atoms with van der Waals surface area (Å²) in [7, 11) is 0. The Hall–Kier alpha value is -1.35. The zero-order chi connectivity index (χ0) is 11.3. The molecule has 0 heterocycles. The molecule has 1 amide bonds. The lowest BCUT2D eigenvalue weighted by atomic mass is 9.99. The molecule has 82 valence electrons. The van der Waals surface area contributed by atoms with Crippen molar-refractivity contribution in [3.05, 3.63) is 30.3 Å². The molecule has 1 aromatic carbocycles. The van der Waals surface area contributed by atoms with Gasteiger partial charge in [-0.2, -0.15) is 0 Å². The number of hydrogen-bond donors (Lipinski definition) is 2. The van der Waals surface area contributed by atoms with E-state index in [1.165, 1.54) is 0 Å². The van der Waals surface area contributed by atoms with Gasteiger partial charge in [0, 0.05) is 5.69 Å². The Morgan fingerprint density at radius 1 is 1.40 bits per heavy atom. The lowest BCUT2D eigenvalue weighted by Gasteiger charge is -2.17. The van der Waals surface area contributed by atoms with Gasteiger partial charge in [-0.25, -0.2) is 0 Å². The molecule has 15 heavy (non-hydrogen) atoms. The number of carbonyl (C=O) groups excluding carboxylic acids is 1. The van der Waals surface area contributed by atoms with Crippen LogP contribution in [0.5, 0.6) is 0 Å². The first-order chi connectivity index (χ1) is 7.15. The maximum Gasteiger partial charge on any atom is 0.241 e. The Morgan fingerprint density at radius 2 is 2.00 bits per heavy atom. The molecule has 0 bridgehead atoms. The molecule has 0 fully saturated rings. The zero-order valence-corrected chi connectivity index (χ0v) is 9.23. The van der Waals surface area contributed by atoms with Gasteiger partial charge in [0.25, 0.3) is 0 Å². The summed E-state index contributed by atoms with van der Waals surface area (Å²) in [5.41, 5.74) is 6.60. The van der Waals surface area contributed by atoms with Gasteiger partial charge >= 0.3 is 0 Å². The van der Waals surface area contributed by atoms with E-state index >= 15 is 0 Å². The summed E-state index contributed by atoms with van der Waals surface area (Å²) < 4.78 is 0. The molecule has 3 nitrogen and oxygen atoms in total. The summed E-state index contributed by atoms with van der Waals surface area (Å²) in [4.78, 5) is 11.7. The Kier molecular flexibility index (Phi) is 4.31. The Bertz CT molecular complexity index is 311. The molecule has 0 spiro atoms. The van der Waals surface area contributed by atoms with Gasteiger partial charge in [-0.1, -0.05) is 38.5 Å². The van der Waals surface area contributed by atoms with E-state index in [4.69, 9.17) is 5.73 Å². The molecule has 3 heteroatoms. The van der Waals surface area contributed by atoms with Crippen molar-refractivity contribution in [2.75, 3.05) is 5.32 Å². The fourth-order valence-electron chi connectivity index (χ4n) is 1.26. The summed E-state index contributed by atoms with van der Waals surface area (Å²) in [6.07, 6.45) is 0.906. The van der Waals surface area contributed by atoms with Crippen LogP contribution in [0.4, 0.5) is 5.69 Å². The number of benzene rings is 1. The molecule has 0 aromatic heterocycles. The van der Waals surface area contributed by atoms with Crippen molar-refractivity contribution >= 4 is 11.6 Å². The van der Waals surface area contributed by atoms with Gasteiger partial charge in [0.15, 0.2) is 0 Å². The molecule has 1 unspecified atom stereocenters. The van der Waals surface area contributed by atoms with E-state index in [0.717, 1.165) is 12.1 Å². The largest absolute Gasteiger partial charge is 0.325 e. The normalized spacial score (nSPS) is 14.3. The lowest BCUT2D eigenvalue weighted by Crippen LogP contribution is -2.40. The monoisotopic (exact) mass is 206 g/mol. The van der Waals surface area contributed by atoms with E-state index in [2.05, 4.69) is 5.32 Å². The minimum Gasteiger partial charge on any atom is -0.325 e. The molecule has 0 aliphatic carbocycles. The molecule has 2 atom stereocenters. The van der Waals surface area contributed by atoms with Crippen molar-refractivity contribution in [1.82, 2.24) is 0 Å². The highest BCUT2D eigenvalue weighted by Gasteiger charge is 2.18. The summed E-state index contributed by atoms with van der Waals surface area (Å²) in [6, 6.07) is 8.93. The van der Waals surface area contributed by atoms with Gasteiger partial charge in [-0.05, 0) is 18.1 Å². The SMILES string of the molecule is CCC(C)[C@H](N)C(=O)Nc1ccccc1. The van der Waals surface area contributed by atoms with Crippen LogP contribution in [0.15, 0.2) is 30.3 Å². The quantitative estimate of drug-likeness (QED) is 0.791. The number of rotatable bonds is 4. The van der Waals surface area contributed by atoms with Crippen LogP contribution >= 0.6 is 0 Å². The maximum atomic E-state index is 11.7. The van der Waals surface area contributed by atoms with Crippen molar-refractivity contribution in [3.8, 4) is 0 Å². The first-order valence-corrected chi connectivity index (χ1v) is 5.26. The average Bonchev–Trinajstić information content (AvgIpc) is 2.28. The molecule has 3 N–H and O–H groups in total. The van der Waals surface area contributed by atoms with Crippen LogP contribution in [0.3, 0.4) is 0 Å². The number of hydrogen-bond acceptors (Lipinski definition) is 2. The Balaban J connectivity index is 2.56. The van der Waals surface area contributed by atoms with Crippen molar-refractivity contribution in [1.29, 1.82) is 0 Å². The molecular formula is C12H18N2O. The van der Waals surface area contributed by atoms with Crippen LogP contribution in [-0.4, -0.2) is 11.9 Å². The fourth-order valence-corrected chi connectivity index (χ4v) is 1.26. The number of para-hydroxylation sites is 1. The number of nitrogens with one attached hydrogen (secondary N) is 1. The number of anilines is 1. The second kappa shape index (κ2) is 5.51. The highest BCUT2D eigenvalue weighted by Crippen LogP contribution is 2.09. The fraction of sp³-hybridized carbons (Fsp3) is 0.417. The van der Waals surface area contributed by atoms with E-state index in [1.54, 1.807) is 0 Å². The average molecular weight is 206 g/mol. The van der Waals surface area contributed by atoms with Crippen LogP contribution in [0, 0.1) is 5.92 Å². The minimum atomic E-state index is -0.435. The first-order valence-electron chi connectivity index (χ1n) is 5.26. The Labute approximate surface area is 90.7 Å². The van der Waals surface area contributed by atoms with E-state index in [0.29, 0.717) is 0 Å². The van der Waals surface area contributed by atoms with Gasteiger partial charge in [0.2, 0.25) is 5.91 Å². The number of amides is 1. The smallest absolute Gasteiger partial charge is 0.241 e. The van der Waals surface area contributed by atoms with Gasteiger partial charge in [-0.15, -0.1) is 0 Å². The predicted molar refractivity (Wildman–Crippen MR) is 62.5 cm³/mol. The van der Waals surface area contributed by atoms with Crippen molar-refractivity contribution in [3.63, 3.8) is 0 Å². The van der Waals surface area contributed by atoms with E-state index in [9.17, 15) is 4.79 Å². The van der Waals surface area contributed by atoms with Gasteiger partial charge < -0.3 is 11.1 Å². The Morgan fingerprint density at radius 3 is 2.53 bits per heavy atom. The zero-order valence-electron chi connectivity index (χ0n) is 9.23. The standard InChI is InChI=1S/C12H18N2O/c1-3-9(2)11(13)12(15)14-10-7-5-4-6-8-10/h4-9,11H,3,13H2,1-2H3,(H,14,15)/t9?,11-/m0/s1. The van der Waals surface area contributed by atoms with Crippen LogP contribution in [-0.2, 0) is 4.79 Å². The van der Waals surface area contributed by atoms with Crippen LogP contribution in [0.25, 0.3) is 0 Å². The minimum absolute atomic E-state index is 0.115. The summed E-state index contributed by atoms with van der Waals surface area (Å²) in [5.74, 6) is 0.0873. The van der Waals surface area contributed by atoms with E-state index in [1.807, 2.05) is 44.2 Å². The third-order valence-corrected chi connectivity index (χ3v) is 2.60. The van der Waals surface area contributed by atoms with Crippen LogP contribution in [0.2, 0.25) is 0 Å². The molecule has 1 aromatic rings. The second-order valence-corrected chi connectivity index (χ2v) is 3.77. The molecule has 0 saturated carbocycles. The third-order valence-electron chi connectivity index (χ3n) is 2.60. The molecule has 1 rings (SSSR count). The maximum absolute atomic E-state index is 11.7. The summed E-state index contributed by atoms with van der Waals surface area (Å²) in [6.45, 7) is 4.01. The van der Waals surface area contributed by atoms with Crippen molar-refractivity contribution in [2.45, 2.75) is 26.3 Å². The predicted octanol–water partition coefficient (Wildman–Crippen LogP) is 2.00. The van der Waals surface area contributed by atoms with Crippen molar-refractivity contribution < 1.29 is 4.79 Å². The molecular weight excluding hydrogens is 188 g/mol. The molecule has 0 saturated heterocycles. The highest BCUT2D eigenvalue weighted by atomic mass is 16.2. The van der Waals surface area contributed by atoms with Crippen LogP contribution in [0.1, 0.15) is 20.3 Å². The van der Waals surface area contributed by atoms with Gasteiger partial charge in [0.05, 0.1) is 6.04 Å². The lowest BCUT2D eigenvalue weighted by molar-refractivity contribution is -0.118. The topological polar surface area (TPSA) is 55.1 Å². The van der Waals surface area contributed by atoms with Crippen LogP contribution < -0.4 is 11.1 Å². The van der Waals surface area contributed by atoms with Gasteiger partial charge in [0.1, 0.15) is 0 Å². The third kappa shape index (κ3) is 3.36. The molecule has 0 radical (unpaired) electrons. The van der Waals surface area contributed by atoms with Gasteiger partial charge in [-0.3, -0.25) is 4.79 Å². The molecule has 0 aliphatic rings. The van der Waals surface area contributed by atoms with E-state index < -0.39 is 6.04 Å². The second-order valence-electron chi connectivity index (χ2n) is 3.77. The first kappa shape index (κ1) is 11.7. The summed E-state index contributed by atoms with van der Waals surface area (Å²) >= 11 is 0. The highest BCUT2D eigenvalue weighted by molar-refractivity contribution is 5.94. The summed E-state index contributed by atoms with van der Waals surface area (Å²) in [5, 5.41) is 2.79. The van der Waals surface area contributed by atoms with E-state index in [-0.39, 0.29) is 11.8 Å². The van der Waals surface area contributed by atoms with Crippen molar-refractivity contribution in [2.24, 2.45) is 11.7 Å². The number of carbonyl (C=O) groups is 1.